The average Bonchev–Trinajstić information content (AvgIpc) is 2.66. The Kier molecular flexibility index (Phi) is 15.5. The highest BCUT2D eigenvalue weighted by atomic mass is 127. The zero-order chi connectivity index (χ0) is 18.9. The molecular formula is C21H41I2N3O. The van der Waals surface area contributed by atoms with E-state index in [0.29, 0.717) is 0 Å². The van der Waals surface area contributed by atoms with Gasteiger partial charge in [0.25, 0.3) is 0 Å². The van der Waals surface area contributed by atoms with Crippen molar-refractivity contribution in [3.05, 3.63) is 24.3 Å². The topological polar surface area (TPSA) is 12.5 Å². The molecule has 1 rings (SSSR count). The highest BCUT2D eigenvalue weighted by Gasteiger charge is 2.17. The van der Waals surface area contributed by atoms with E-state index in [9.17, 15) is 0 Å². The standard InChI is InChI=1S/C21H41N3O.2HI/c1-8-23(6,9-2)17-16-22(5)20-12-14-21(15-13-20)25-19-18-24(7,10-3)11-4;;/h12-15H,8-11,16-19H2,1-7H3;2*1H/q+2;;/p-2. The van der Waals surface area contributed by atoms with Gasteiger partial charge in [0.1, 0.15) is 18.9 Å². The van der Waals surface area contributed by atoms with E-state index in [1.807, 2.05) is 0 Å². The number of hydrogen-bond acceptors (Lipinski definition) is 2. The van der Waals surface area contributed by atoms with Gasteiger partial charge in [-0.05, 0) is 52.0 Å². The summed E-state index contributed by atoms with van der Waals surface area (Å²) in [5, 5.41) is 0. The molecule has 0 aliphatic rings. The predicted octanol–water partition coefficient (Wildman–Crippen LogP) is -2.52. The summed E-state index contributed by atoms with van der Waals surface area (Å²) in [5.41, 5.74) is 1.26. The monoisotopic (exact) mass is 605 g/mol. The van der Waals surface area contributed by atoms with Crippen LogP contribution in [0.25, 0.3) is 0 Å². The fourth-order valence-corrected chi connectivity index (χ4v) is 2.78. The van der Waals surface area contributed by atoms with Crippen LogP contribution in [0, 0.1) is 0 Å². The van der Waals surface area contributed by atoms with Crippen molar-refractivity contribution in [1.82, 2.24) is 0 Å². The highest BCUT2D eigenvalue weighted by molar-refractivity contribution is 5.48. The van der Waals surface area contributed by atoms with Crippen molar-refractivity contribution in [1.29, 1.82) is 0 Å². The zero-order valence-corrected chi connectivity index (χ0v) is 22.8. The number of anilines is 1. The Morgan fingerprint density at radius 2 is 1.22 bits per heavy atom. The van der Waals surface area contributed by atoms with Crippen LogP contribution in [-0.2, 0) is 0 Å². The third kappa shape index (κ3) is 9.99. The lowest BCUT2D eigenvalue weighted by atomic mass is 10.2. The van der Waals surface area contributed by atoms with Crippen molar-refractivity contribution in [2.24, 2.45) is 0 Å². The fraction of sp³-hybridized carbons (Fsp3) is 0.714. The van der Waals surface area contributed by atoms with Gasteiger partial charge in [0.15, 0.2) is 0 Å². The van der Waals surface area contributed by atoms with Gasteiger partial charge in [-0.15, -0.1) is 0 Å². The summed E-state index contributed by atoms with van der Waals surface area (Å²) in [6, 6.07) is 8.54. The molecule has 6 heteroatoms. The van der Waals surface area contributed by atoms with Gasteiger partial charge in [-0.2, -0.15) is 0 Å². The minimum absolute atomic E-state index is 0. The zero-order valence-electron chi connectivity index (χ0n) is 18.5. The molecule has 0 atom stereocenters. The van der Waals surface area contributed by atoms with E-state index < -0.39 is 0 Å². The van der Waals surface area contributed by atoms with Crippen molar-refractivity contribution in [3.63, 3.8) is 0 Å². The average molecular weight is 605 g/mol. The molecule has 0 spiro atoms. The molecule has 1 aromatic carbocycles. The Balaban J connectivity index is 0. The van der Waals surface area contributed by atoms with Crippen molar-refractivity contribution in [3.8, 4) is 5.75 Å². The minimum atomic E-state index is 0. The molecule has 0 radical (unpaired) electrons. The molecule has 0 unspecified atom stereocenters. The van der Waals surface area contributed by atoms with Gasteiger partial charge < -0.3 is 66.6 Å². The van der Waals surface area contributed by atoms with Crippen molar-refractivity contribution in [2.45, 2.75) is 27.7 Å². The van der Waals surface area contributed by atoms with E-state index >= 15 is 0 Å². The van der Waals surface area contributed by atoms with Crippen molar-refractivity contribution >= 4 is 5.69 Å². The van der Waals surface area contributed by atoms with E-state index in [-0.39, 0.29) is 48.0 Å². The molecule has 0 aliphatic carbocycles. The lowest BCUT2D eigenvalue weighted by Crippen LogP contribution is -3.00. The van der Waals surface area contributed by atoms with Crippen molar-refractivity contribution in [2.75, 3.05) is 78.5 Å². The lowest BCUT2D eigenvalue weighted by molar-refractivity contribution is -0.906. The molecule has 0 saturated heterocycles. The first-order valence-electron chi connectivity index (χ1n) is 9.92. The molecule has 1 aromatic rings. The molecule has 4 nitrogen and oxygen atoms in total. The molecule has 27 heavy (non-hydrogen) atoms. The van der Waals surface area contributed by atoms with Crippen molar-refractivity contribution < 1.29 is 61.7 Å². The predicted molar refractivity (Wildman–Crippen MR) is 109 cm³/mol. The normalized spacial score (nSPS) is 11.4. The summed E-state index contributed by atoms with van der Waals surface area (Å²) in [4.78, 5) is 2.34. The molecule has 0 bridgehead atoms. The molecule has 0 heterocycles. The van der Waals surface area contributed by atoms with Gasteiger partial charge in [0, 0.05) is 12.7 Å². The number of nitrogens with zero attached hydrogens (tertiary/aromatic N) is 3. The first kappa shape index (κ1) is 29.4. The molecule has 0 aromatic heterocycles. The second-order valence-corrected chi connectivity index (χ2v) is 7.72. The second kappa shape index (κ2) is 14.2. The molecular weight excluding hydrogens is 564 g/mol. The fourth-order valence-electron chi connectivity index (χ4n) is 2.78. The highest BCUT2D eigenvalue weighted by Crippen LogP contribution is 2.19. The number of hydrogen-bond donors (Lipinski definition) is 0. The maximum Gasteiger partial charge on any atom is 0.137 e. The Bertz CT molecular complexity index is 489. The quantitative estimate of drug-likeness (QED) is 0.193. The lowest BCUT2D eigenvalue weighted by Gasteiger charge is -2.34. The SMILES string of the molecule is CC[N+](C)(CC)CCOc1ccc(N(C)CC[N+](C)(CC)CC)cc1.[I-].[I-]. The van der Waals surface area contributed by atoms with E-state index in [0.717, 1.165) is 47.5 Å². The first-order valence-corrected chi connectivity index (χ1v) is 9.92. The Morgan fingerprint density at radius 3 is 1.67 bits per heavy atom. The summed E-state index contributed by atoms with van der Waals surface area (Å²) in [6.45, 7) is 17.8. The Labute approximate surface area is 202 Å². The maximum absolute atomic E-state index is 5.95. The van der Waals surface area contributed by atoms with Gasteiger partial charge in [-0.25, -0.2) is 0 Å². The third-order valence-electron chi connectivity index (χ3n) is 6.21. The van der Waals surface area contributed by atoms with E-state index in [2.05, 4.69) is 78.0 Å². The van der Waals surface area contributed by atoms with Crippen LogP contribution in [0.1, 0.15) is 27.7 Å². The third-order valence-corrected chi connectivity index (χ3v) is 6.21. The summed E-state index contributed by atoms with van der Waals surface area (Å²) < 4.78 is 8.14. The Morgan fingerprint density at radius 1 is 0.778 bits per heavy atom. The van der Waals surface area contributed by atoms with Gasteiger partial charge in [0.05, 0.1) is 53.4 Å². The van der Waals surface area contributed by atoms with Gasteiger partial charge in [-0.3, -0.25) is 0 Å². The largest absolute Gasteiger partial charge is 1.00 e. The molecule has 0 N–H and O–H groups in total. The molecule has 0 amide bonds. The van der Waals surface area contributed by atoms with Crippen LogP contribution in [-0.4, -0.2) is 82.5 Å². The molecule has 160 valence electrons. The molecule has 0 saturated carbocycles. The second-order valence-electron chi connectivity index (χ2n) is 7.72. The molecule has 0 fully saturated rings. The van der Waals surface area contributed by atoms with Gasteiger partial charge >= 0.3 is 0 Å². The number of likely N-dealkylation sites (N-methyl/N-ethyl adjacent to an activating group) is 3. The van der Waals surface area contributed by atoms with E-state index in [1.165, 1.54) is 25.3 Å². The van der Waals surface area contributed by atoms with E-state index in [4.69, 9.17) is 4.74 Å². The van der Waals surface area contributed by atoms with Crippen LogP contribution in [0.5, 0.6) is 5.75 Å². The molecule has 0 aliphatic heterocycles. The minimum Gasteiger partial charge on any atom is -1.00 e. The summed E-state index contributed by atoms with van der Waals surface area (Å²) in [7, 11) is 6.81. The smallest absolute Gasteiger partial charge is 0.137 e. The summed E-state index contributed by atoms with van der Waals surface area (Å²) in [6.07, 6.45) is 0. The summed E-state index contributed by atoms with van der Waals surface area (Å²) in [5.74, 6) is 0.971. The van der Waals surface area contributed by atoms with E-state index in [1.54, 1.807) is 0 Å². The number of rotatable bonds is 12. The van der Waals surface area contributed by atoms with Crippen LogP contribution in [0.4, 0.5) is 5.69 Å². The number of halogens is 2. The van der Waals surface area contributed by atoms with Gasteiger partial charge in [0.2, 0.25) is 0 Å². The van der Waals surface area contributed by atoms with Crippen LogP contribution in [0.15, 0.2) is 24.3 Å². The Hall–Kier alpha value is 0.200. The van der Waals surface area contributed by atoms with Crippen LogP contribution >= 0.6 is 0 Å². The summed E-state index contributed by atoms with van der Waals surface area (Å²) >= 11 is 0. The maximum atomic E-state index is 5.95. The number of quaternary nitrogens is 2. The van der Waals surface area contributed by atoms with Gasteiger partial charge in [-0.1, -0.05) is 0 Å². The number of ether oxygens (including phenoxy) is 1. The number of benzene rings is 1. The van der Waals surface area contributed by atoms with Crippen LogP contribution in [0.2, 0.25) is 0 Å². The first-order chi connectivity index (χ1) is 11.8. The van der Waals surface area contributed by atoms with Crippen LogP contribution in [0.3, 0.4) is 0 Å². The van der Waals surface area contributed by atoms with Crippen LogP contribution < -0.4 is 57.6 Å².